The first-order chi connectivity index (χ1) is 11.3. The Hall–Kier alpha value is -2.06. The molecule has 0 unspecified atom stereocenters. The Balaban J connectivity index is 1.71. The zero-order chi connectivity index (χ0) is 17.3. The lowest BCUT2D eigenvalue weighted by molar-refractivity contribution is 0.391. The summed E-state index contributed by atoms with van der Waals surface area (Å²) in [7, 11) is 0. The van der Waals surface area contributed by atoms with Crippen molar-refractivity contribution in [2.24, 2.45) is 0 Å². The second-order valence-corrected chi connectivity index (χ2v) is 7.62. The largest absolute Gasteiger partial charge is 0.338 e. The molecule has 3 rings (SSSR count). The molecule has 0 saturated carbocycles. The summed E-state index contributed by atoms with van der Waals surface area (Å²) in [4.78, 5) is 4.37. The minimum atomic E-state index is -0.176. The zero-order valence-electron chi connectivity index (χ0n) is 13.5. The predicted octanol–water partition coefficient (Wildman–Crippen LogP) is 3.29. The van der Waals surface area contributed by atoms with Crippen LogP contribution in [0.25, 0.3) is 11.4 Å². The van der Waals surface area contributed by atoms with E-state index in [0.717, 1.165) is 11.4 Å². The molecule has 7 nitrogen and oxygen atoms in total. The third-order valence-electron chi connectivity index (χ3n) is 3.21. The summed E-state index contributed by atoms with van der Waals surface area (Å²) in [6.45, 7) is 6.10. The maximum atomic E-state index is 6.06. The zero-order valence-corrected chi connectivity index (χ0v) is 15.1. The Bertz CT molecular complexity index is 854. The Morgan fingerprint density at radius 3 is 2.75 bits per heavy atom. The maximum absolute atomic E-state index is 6.06. The molecule has 2 aromatic heterocycles. The van der Waals surface area contributed by atoms with Crippen LogP contribution in [0.1, 0.15) is 32.5 Å². The molecule has 126 valence electrons. The van der Waals surface area contributed by atoms with Gasteiger partial charge in [0.1, 0.15) is 0 Å². The van der Waals surface area contributed by atoms with E-state index in [4.69, 9.17) is 22.0 Å². The van der Waals surface area contributed by atoms with Crippen LogP contribution in [-0.2, 0) is 11.2 Å². The average Bonchev–Trinajstić information content (AvgIpc) is 3.11. The first kappa shape index (κ1) is 16.8. The molecule has 0 atom stereocenters. The van der Waals surface area contributed by atoms with Crippen LogP contribution in [0.5, 0.6) is 0 Å². The van der Waals surface area contributed by atoms with Crippen LogP contribution in [0.15, 0.2) is 33.9 Å². The Labute approximate surface area is 148 Å². The molecule has 0 aliphatic rings. The van der Waals surface area contributed by atoms with Gasteiger partial charge in [-0.2, -0.15) is 4.98 Å². The van der Waals surface area contributed by atoms with Crippen molar-refractivity contribution in [1.29, 1.82) is 0 Å². The lowest BCUT2D eigenvalue weighted by Crippen LogP contribution is -2.24. The molecular weight excluding hydrogens is 348 g/mol. The van der Waals surface area contributed by atoms with Gasteiger partial charge in [0.25, 0.3) is 0 Å². The number of nitrogens with zero attached hydrogens (tertiary/aromatic N) is 5. The summed E-state index contributed by atoms with van der Waals surface area (Å²) in [5.41, 5.74) is 0.629. The van der Waals surface area contributed by atoms with Gasteiger partial charge in [0, 0.05) is 16.0 Å². The van der Waals surface area contributed by atoms with Gasteiger partial charge in [-0.15, -0.1) is 10.2 Å². The fourth-order valence-electron chi connectivity index (χ4n) is 2.07. The summed E-state index contributed by atoms with van der Waals surface area (Å²) in [6, 6.07) is 7.30. The topological polar surface area (TPSA) is 95.6 Å². The predicted molar refractivity (Wildman–Crippen MR) is 93.2 cm³/mol. The van der Waals surface area contributed by atoms with Gasteiger partial charge in [0.15, 0.2) is 5.82 Å². The van der Waals surface area contributed by atoms with E-state index in [-0.39, 0.29) is 5.41 Å². The fourth-order valence-corrected chi connectivity index (χ4v) is 2.96. The van der Waals surface area contributed by atoms with Crippen molar-refractivity contribution < 1.29 is 4.52 Å². The van der Waals surface area contributed by atoms with Gasteiger partial charge in [-0.25, -0.2) is 4.68 Å². The Morgan fingerprint density at radius 1 is 1.29 bits per heavy atom. The van der Waals surface area contributed by atoms with E-state index in [0.29, 0.717) is 27.6 Å². The molecule has 0 radical (unpaired) electrons. The van der Waals surface area contributed by atoms with Crippen LogP contribution in [0.2, 0.25) is 5.02 Å². The van der Waals surface area contributed by atoms with Crippen molar-refractivity contribution in [3.63, 3.8) is 0 Å². The van der Waals surface area contributed by atoms with E-state index in [1.54, 1.807) is 12.1 Å². The van der Waals surface area contributed by atoms with Gasteiger partial charge in [0.2, 0.25) is 16.9 Å². The molecule has 2 N–H and O–H groups in total. The Kier molecular flexibility index (Phi) is 4.51. The second kappa shape index (κ2) is 6.45. The third-order valence-corrected chi connectivity index (χ3v) is 4.37. The molecule has 2 heterocycles. The molecule has 0 bridgehead atoms. The number of hydrogen-bond donors (Lipinski definition) is 1. The number of hydrogen-bond acceptors (Lipinski definition) is 7. The van der Waals surface area contributed by atoms with Crippen molar-refractivity contribution in [2.45, 2.75) is 37.1 Å². The molecule has 9 heteroatoms. The van der Waals surface area contributed by atoms with Crippen LogP contribution in [0, 0.1) is 0 Å². The fraction of sp³-hybridized carbons (Fsp3) is 0.333. The molecule has 24 heavy (non-hydrogen) atoms. The molecule has 0 saturated heterocycles. The monoisotopic (exact) mass is 364 g/mol. The summed E-state index contributed by atoms with van der Waals surface area (Å²) < 4.78 is 6.77. The standard InChI is InChI=1S/C15H17ClN6OS/c1-15(2,3)13-19-20-14(22(13)17)24-8-11-18-12(21-23-11)9-5-4-6-10(16)7-9/h4-7H,8,17H2,1-3H3. The number of benzene rings is 1. The smallest absolute Gasteiger partial charge is 0.237 e. The number of thioether (sulfide) groups is 1. The van der Waals surface area contributed by atoms with E-state index in [1.807, 2.05) is 32.9 Å². The normalized spacial score (nSPS) is 11.8. The van der Waals surface area contributed by atoms with Crippen LogP contribution in [0.3, 0.4) is 0 Å². The summed E-state index contributed by atoms with van der Waals surface area (Å²) >= 11 is 7.37. The quantitative estimate of drug-likeness (QED) is 0.560. The Morgan fingerprint density at radius 2 is 2.08 bits per heavy atom. The SMILES string of the molecule is CC(C)(C)c1nnc(SCc2nc(-c3cccc(Cl)c3)no2)n1N. The van der Waals surface area contributed by atoms with Crippen LogP contribution in [0.4, 0.5) is 0 Å². The van der Waals surface area contributed by atoms with E-state index in [9.17, 15) is 0 Å². The van der Waals surface area contributed by atoms with Gasteiger partial charge in [-0.3, -0.25) is 0 Å². The maximum Gasteiger partial charge on any atom is 0.237 e. The minimum absolute atomic E-state index is 0.176. The van der Waals surface area contributed by atoms with Gasteiger partial charge in [-0.05, 0) is 12.1 Å². The highest BCUT2D eigenvalue weighted by molar-refractivity contribution is 7.98. The molecule has 0 aliphatic heterocycles. The van der Waals surface area contributed by atoms with Crippen molar-refractivity contribution in [2.75, 3.05) is 5.84 Å². The average molecular weight is 365 g/mol. The first-order valence-electron chi connectivity index (χ1n) is 7.27. The molecule has 0 aliphatic carbocycles. The second-order valence-electron chi connectivity index (χ2n) is 6.24. The molecule has 3 aromatic rings. The third kappa shape index (κ3) is 3.54. The molecule has 0 fully saturated rings. The number of nitrogen functional groups attached to an aromatic ring is 1. The van der Waals surface area contributed by atoms with Gasteiger partial charge >= 0.3 is 0 Å². The summed E-state index contributed by atoms with van der Waals surface area (Å²) in [5.74, 6) is 8.20. The highest BCUT2D eigenvalue weighted by atomic mass is 35.5. The summed E-state index contributed by atoms with van der Waals surface area (Å²) in [6.07, 6.45) is 0. The van der Waals surface area contributed by atoms with Crippen molar-refractivity contribution >= 4 is 23.4 Å². The van der Waals surface area contributed by atoms with Crippen LogP contribution >= 0.6 is 23.4 Å². The lowest BCUT2D eigenvalue weighted by Gasteiger charge is -2.16. The van der Waals surface area contributed by atoms with Crippen molar-refractivity contribution in [1.82, 2.24) is 25.0 Å². The highest BCUT2D eigenvalue weighted by Gasteiger charge is 2.23. The van der Waals surface area contributed by atoms with E-state index < -0.39 is 0 Å². The minimum Gasteiger partial charge on any atom is -0.338 e. The molecule has 0 amide bonds. The number of halogens is 1. The number of aromatic nitrogens is 5. The van der Waals surface area contributed by atoms with Gasteiger partial charge in [-0.1, -0.05) is 61.4 Å². The van der Waals surface area contributed by atoms with Gasteiger partial charge in [0.05, 0.1) is 5.75 Å². The summed E-state index contributed by atoms with van der Waals surface area (Å²) in [5, 5.41) is 13.5. The molecule has 0 spiro atoms. The van der Waals surface area contributed by atoms with Gasteiger partial charge < -0.3 is 10.4 Å². The van der Waals surface area contributed by atoms with E-state index in [2.05, 4.69) is 20.3 Å². The highest BCUT2D eigenvalue weighted by Crippen LogP contribution is 2.26. The van der Waals surface area contributed by atoms with Crippen molar-refractivity contribution in [3.8, 4) is 11.4 Å². The van der Waals surface area contributed by atoms with E-state index >= 15 is 0 Å². The van der Waals surface area contributed by atoms with Crippen molar-refractivity contribution in [3.05, 3.63) is 41.0 Å². The number of nitrogens with two attached hydrogens (primary N) is 1. The first-order valence-corrected chi connectivity index (χ1v) is 8.63. The van der Waals surface area contributed by atoms with E-state index in [1.165, 1.54) is 16.4 Å². The van der Waals surface area contributed by atoms with Crippen LogP contribution < -0.4 is 5.84 Å². The molecule has 1 aromatic carbocycles. The number of rotatable bonds is 4. The van der Waals surface area contributed by atoms with Crippen LogP contribution in [-0.4, -0.2) is 25.0 Å². The lowest BCUT2D eigenvalue weighted by atomic mass is 9.96. The molecular formula is C15H17ClN6OS.